The highest BCUT2D eigenvalue weighted by atomic mass is 16.4. The van der Waals surface area contributed by atoms with Crippen molar-refractivity contribution in [1.29, 1.82) is 0 Å². The number of nitrogens with one attached hydrogen (secondary N) is 1. The number of benzene rings is 3. The van der Waals surface area contributed by atoms with Gasteiger partial charge in [0.25, 0.3) is 11.5 Å². The molecule has 0 aliphatic carbocycles. The molecule has 0 saturated carbocycles. The molecule has 8 heteroatoms. The fraction of sp³-hybridized carbons (Fsp3) is 0.0400. The SMILES string of the molecule is Cn1c2ccc(NC(=O)c3ccc(-c4ccccc4)cc3)cc2c(=O)n2nc(C(=O)O)cc12. The number of hydrogen-bond donors (Lipinski definition) is 2. The highest BCUT2D eigenvalue weighted by molar-refractivity contribution is 6.05. The largest absolute Gasteiger partial charge is 0.476 e. The molecule has 0 atom stereocenters. The Morgan fingerprint density at radius 3 is 2.30 bits per heavy atom. The van der Waals surface area contributed by atoms with Gasteiger partial charge in [-0.25, -0.2) is 4.79 Å². The van der Waals surface area contributed by atoms with Gasteiger partial charge < -0.3 is 15.0 Å². The monoisotopic (exact) mass is 438 g/mol. The molecule has 0 fully saturated rings. The maximum atomic E-state index is 12.9. The average molecular weight is 438 g/mol. The summed E-state index contributed by atoms with van der Waals surface area (Å²) in [4.78, 5) is 37.0. The maximum absolute atomic E-state index is 12.9. The Morgan fingerprint density at radius 1 is 0.909 bits per heavy atom. The van der Waals surface area contributed by atoms with Gasteiger partial charge in [-0.2, -0.15) is 9.61 Å². The number of aromatic nitrogens is 3. The average Bonchev–Trinajstić information content (AvgIpc) is 3.30. The normalized spacial score (nSPS) is 11.1. The van der Waals surface area contributed by atoms with Crippen LogP contribution in [-0.2, 0) is 7.05 Å². The van der Waals surface area contributed by atoms with Gasteiger partial charge in [0.05, 0.1) is 10.9 Å². The lowest BCUT2D eigenvalue weighted by molar-refractivity contribution is 0.0690. The first-order valence-electron chi connectivity index (χ1n) is 10.1. The summed E-state index contributed by atoms with van der Waals surface area (Å²) in [7, 11) is 1.72. The summed E-state index contributed by atoms with van der Waals surface area (Å²) >= 11 is 0. The van der Waals surface area contributed by atoms with Gasteiger partial charge in [-0.15, -0.1) is 0 Å². The summed E-state index contributed by atoms with van der Waals surface area (Å²) in [6.45, 7) is 0. The molecular formula is C25H18N4O4. The van der Waals surface area contributed by atoms with Crippen molar-refractivity contribution in [2.24, 2.45) is 7.05 Å². The molecule has 5 rings (SSSR count). The summed E-state index contributed by atoms with van der Waals surface area (Å²) < 4.78 is 2.74. The number of fused-ring (bicyclic) bond motifs is 2. The highest BCUT2D eigenvalue weighted by Crippen LogP contribution is 2.21. The first-order chi connectivity index (χ1) is 15.9. The van der Waals surface area contributed by atoms with Gasteiger partial charge in [0.1, 0.15) is 5.65 Å². The zero-order valence-corrected chi connectivity index (χ0v) is 17.5. The number of hydrogen-bond acceptors (Lipinski definition) is 4. The van der Waals surface area contributed by atoms with E-state index < -0.39 is 11.5 Å². The molecule has 0 bridgehead atoms. The Morgan fingerprint density at radius 2 is 1.61 bits per heavy atom. The Balaban J connectivity index is 1.47. The van der Waals surface area contributed by atoms with Crippen molar-refractivity contribution in [3.63, 3.8) is 0 Å². The van der Waals surface area contributed by atoms with E-state index in [2.05, 4.69) is 10.4 Å². The van der Waals surface area contributed by atoms with E-state index in [1.807, 2.05) is 42.5 Å². The molecule has 0 aliphatic rings. The second-order valence-electron chi connectivity index (χ2n) is 7.60. The van der Waals surface area contributed by atoms with E-state index in [0.717, 1.165) is 15.6 Å². The number of nitrogens with zero attached hydrogens (tertiary/aromatic N) is 3. The van der Waals surface area contributed by atoms with Crippen LogP contribution in [0.1, 0.15) is 20.8 Å². The van der Waals surface area contributed by atoms with Crippen molar-refractivity contribution in [3.8, 4) is 11.1 Å². The van der Waals surface area contributed by atoms with Gasteiger partial charge in [0, 0.05) is 24.4 Å². The van der Waals surface area contributed by atoms with Crippen molar-refractivity contribution >= 4 is 34.1 Å². The second-order valence-corrected chi connectivity index (χ2v) is 7.60. The van der Waals surface area contributed by atoms with E-state index in [0.29, 0.717) is 27.8 Å². The van der Waals surface area contributed by atoms with E-state index in [4.69, 9.17) is 0 Å². The minimum atomic E-state index is -1.21. The fourth-order valence-corrected chi connectivity index (χ4v) is 3.83. The minimum Gasteiger partial charge on any atom is -0.476 e. The van der Waals surface area contributed by atoms with Crippen LogP contribution in [0.5, 0.6) is 0 Å². The number of carbonyl (C=O) groups excluding carboxylic acids is 1. The van der Waals surface area contributed by atoms with Gasteiger partial charge in [-0.1, -0.05) is 42.5 Å². The molecule has 2 aromatic heterocycles. The van der Waals surface area contributed by atoms with Gasteiger partial charge >= 0.3 is 5.97 Å². The van der Waals surface area contributed by atoms with Gasteiger partial charge in [0.2, 0.25) is 0 Å². The van der Waals surface area contributed by atoms with Crippen molar-refractivity contribution in [2.75, 3.05) is 5.32 Å². The number of anilines is 1. The van der Waals surface area contributed by atoms with Crippen LogP contribution in [0, 0.1) is 0 Å². The summed E-state index contributed by atoms with van der Waals surface area (Å²) in [5.41, 5.74) is 3.27. The molecule has 0 radical (unpaired) electrons. The van der Waals surface area contributed by atoms with Crippen molar-refractivity contribution in [2.45, 2.75) is 0 Å². The number of aryl methyl sites for hydroxylation is 1. The molecule has 2 N–H and O–H groups in total. The zero-order chi connectivity index (χ0) is 23.1. The van der Waals surface area contributed by atoms with E-state index >= 15 is 0 Å². The summed E-state index contributed by atoms with van der Waals surface area (Å²) in [5, 5.41) is 16.2. The fourth-order valence-electron chi connectivity index (χ4n) is 3.83. The molecule has 1 amide bonds. The smallest absolute Gasteiger partial charge is 0.356 e. The third kappa shape index (κ3) is 3.53. The van der Waals surface area contributed by atoms with Crippen LogP contribution < -0.4 is 10.9 Å². The Kier molecular flexibility index (Phi) is 4.75. The molecule has 0 spiro atoms. The molecular weight excluding hydrogens is 420 g/mol. The number of carboxylic acid groups (broad SMARTS) is 1. The minimum absolute atomic E-state index is 0.217. The van der Waals surface area contributed by atoms with E-state index in [-0.39, 0.29) is 11.6 Å². The standard InChI is InChI=1S/C25H18N4O4/c1-28-21-12-11-18(13-19(21)24(31)29-22(28)14-20(27-29)25(32)33)26-23(30)17-9-7-16(8-10-17)15-5-3-2-4-6-15/h2-14H,1H3,(H,26,30)(H,32,33). The zero-order valence-electron chi connectivity index (χ0n) is 17.5. The van der Waals surface area contributed by atoms with Gasteiger partial charge in [-0.05, 0) is 41.5 Å². The second kappa shape index (κ2) is 7.76. The molecule has 0 aliphatic heterocycles. The molecule has 8 nitrogen and oxygen atoms in total. The van der Waals surface area contributed by atoms with Crippen molar-refractivity contribution < 1.29 is 14.7 Å². The van der Waals surface area contributed by atoms with Crippen LogP contribution in [0.25, 0.3) is 27.7 Å². The number of amides is 1. The predicted octanol–water partition coefficient (Wildman–Crippen LogP) is 3.80. The third-order valence-electron chi connectivity index (χ3n) is 5.55. The summed E-state index contributed by atoms with van der Waals surface area (Å²) in [6.07, 6.45) is 0. The first kappa shape index (κ1) is 20.2. The topological polar surface area (TPSA) is 106 Å². The number of aromatic carboxylic acids is 1. The molecule has 162 valence electrons. The molecule has 2 heterocycles. The third-order valence-corrected chi connectivity index (χ3v) is 5.55. The van der Waals surface area contributed by atoms with Gasteiger partial charge in [-0.3, -0.25) is 9.59 Å². The summed E-state index contributed by atoms with van der Waals surface area (Å²) in [6, 6.07) is 23.4. The van der Waals surface area contributed by atoms with E-state index in [9.17, 15) is 19.5 Å². The molecule has 5 aromatic rings. The van der Waals surface area contributed by atoms with E-state index in [1.165, 1.54) is 6.07 Å². The van der Waals surface area contributed by atoms with E-state index in [1.54, 1.807) is 41.9 Å². The Labute approximate surface area is 187 Å². The molecule has 33 heavy (non-hydrogen) atoms. The maximum Gasteiger partial charge on any atom is 0.356 e. The molecule has 0 saturated heterocycles. The van der Waals surface area contributed by atoms with Crippen LogP contribution in [0.4, 0.5) is 5.69 Å². The Hall–Kier alpha value is -4.72. The van der Waals surface area contributed by atoms with Crippen LogP contribution in [0.3, 0.4) is 0 Å². The number of rotatable bonds is 4. The lowest BCUT2D eigenvalue weighted by atomic mass is 10.0. The van der Waals surface area contributed by atoms with Crippen LogP contribution in [-0.4, -0.2) is 31.2 Å². The Bertz CT molecular complexity index is 1600. The van der Waals surface area contributed by atoms with Crippen LogP contribution >= 0.6 is 0 Å². The van der Waals surface area contributed by atoms with Crippen LogP contribution in [0.15, 0.2) is 83.7 Å². The predicted molar refractivity (Wildman–Crippen MR) is 125 cm³/mol. The lowest BCUT2D eigenvalue weighted by Crippen LogP contribution is -2.19. The van der Waals surface area contributed by atoms with Gasteiger partial charge in [0.15, 0.2) is 5.69 Å². The lowest BCUT2D eigenvalue weighted by Gasteiger charge is -2.10. The molecule has 0 unspecified atom stereocenters. The highest BCUT2D eigenvalue weighted by Gasteiger charge is 2.16. The van der Waals surface area contributed by atoms with Crippen molar-refractivity contribution in [1.82, 2.24) is 14.2 Å². The number of carboxylic acids is 1. The number of carbonyl (C=O) groups is 2. The quantitative estimate of drug-likeness (QED) is 0.444. The van der Waals surface area contributed by atoms with Crippen molar-refractivity contribution in [3.05, 3.63) is 100 Å². The first-order valence-corrected chi connectivity index (χ1v) is 10.1. The summed E-state index contributed by atoms with van der Waals surface area (Å²) in [5.74, 6) is -1.52. The molecule has 3 aromatic carbocycles. The van der Waals surface area contributed by atoms with Crippen LogP contribution in [0.2, 0.25) is 0 Å².